The predicted molar refractivity (Wildman–Crippen MR) is 396 cm³/mol. The Labute approximate surface area is 599 Å². The van der Waals surface area contributed by atoms with Crippen molar-refractivity contribution in [2.24, 2.45) is 29.6 Å². The number of cyclic esters (lactones) is 1. The summed E-state index contributed by atoms with van der Waals surface area (Å²) in [7, 11) is -3.26. The quantitative estimate of drug-likeness (QED) is 0.0351. The lowest BCUT2D eigenvalue weighted by Crippen LogP contribution is -2.61. The van der Waals surface area contributed by atoms with Gasteiger partial charge in [0.05, 0.1) is 53.6 Å². The van der Waals surface area contributed by atoms with Crippen LogP contribution < -0.4 is 26.8 Å². The number of hydrogen-bond donors (Lipinski definition) is 5. The first kappa shape index (κ1) is 82.4. The summed E-state index contributed by atoms with van der Waals surface area (Å²) >= 11 is 0. The Morgan fingerprint density at radius 2 is 1.36 bits per heavy atom. The fourth-order valence-corrected chi connectivity index (χ4v) is 14.6. The van der Waals surface area contributed by atoms with Gasteiger partial charge in [-0.25, -0.2) is 20.8 Å². The van der Waals surface area contributed by atoms with Crippen LogP contribution in [0.3, 0.4) is 0 Å². The summed E-state index contributed by atoms with van der Waals surface area (Å²) in [6, 6.07) is 15.1. The van der Waals surface area contributed by atoms with E-state index in [0.29, 0.717) is 55.7 Å². The van der Waals surface area contributed by atoms with Crippen molar-refractivity contribution in [3.05, 3.63) is 95.3 Å². The summed E-state index contributed by atoms with van der Waals surface area (Å²) < 4.78 is 29.4. The van der Waals surface area contributed by atoms with Gasteiger partial charge in [0.2, 0.25) is 17.7 Å². The number of Topliss-reactive ketones (excluding diaryl/α,β-unsaturated/α-hetero) is 1. The van der Waals surface area contributed by atoms with Crippen LogP contribution in [0.5, 0.6) is 0 Å². The van der Waals surface area contributed by atoms with Gasteiger partial charge >= 0.3 is 17.9 Å². The molecule has 2 saturated heterocycles. The van der Waals surface area contributed by atoms with Gasteiger partial charge in [0.1, 0.15) is 48.2 Å². The molecule has 0 saturated carbocycles. The molecule has 0 unspecified atom stereocenters. The number of rotatable bonds is 18. The molecule has 0 spiro atoms. The van der Waals surface area contributed by atoms with E-state index >= 15 is 0 Å². The summed E-state index contributed by atoms with van der Waals surface area (Å²) in [5.41, 5.74) is 10.2. The molecule has 3 aliphatic rings. The molecule has 2 fully saturated rings. The van der Waals surface area contributed by atoms with Gasteiger partial charge < -0.3 is 39.0 Å². The van der Waals surface area contributed by atoms with E-state index in [-0.39, 0.29) is 51.9 Å². The van der Waals surface area contributed by atoms with Crippen LogP contribution in [0.4, 0.5) is 0 Å². The Balaban J connectivity index is 0.000000319. The minimum absolute atomic E-state index is 0.00101. The zero-order valence-electron chi connectivity index (χ0n) is 63.6. The van der Waals surface area contributed by atoms with E-state index in [4.69, 9.17) is 33.0 Å². The van der Waals surface area contributed by atoms with E-state index in [9.17, 15) is 43.2 Å². The standard InChI is InChI=1S/C39H59N5O8Si.C37H54N4O6Si/c1-23(2)34(36(47)40-24(3)37(48)44-21-13-14-32(43-44)38(49)50-10)42-35(46)30(25(4)52-53(11,12)39(7,8)9)19-16-28-15-17-29-18-20-31(41-33(29)22-28)26(5)51-27(6)45;1-22(2)29-21-33(42)28(24(4)47-48(9,10)37(6,7)8)17-14-26-13-15-27-16-18-30(39-32(27)20-26)25(5)46-36(45)31-12-11-19-41(40-31)35(44)23(3)38-34(29)43/h15-20,22-26,30,32,34,43H,13-14,21H2,1-12H3,(H,40,47)(H,42,46);13-18,20,22-25,28-29,31,40H,11-12,19,21H2,1-10H3,(H,38,43)/b19-16+;17-14+/t24-,25+,26+,30+,32-,34-;23-,24+,25+,28+,29-,31-/m00/s1. The zero-order chi connectivity index (χ0) is 75.4. The Morgan fingerprint density at radius 3 is 1.98 bits per heavy atom. The van der Waals surface area contributed by atoms with Crippen LogP contribution in [-0.2, 0) is 66.2 Å². The second kappa shape index (κ2) is 35.1. The van der Waals surface area contributed by atoms with Gasteiger partial charge in [-0.05, 0) is 151 Å². The summed E-state index contributed by atoms with van der Waals surface area (Å²) in [6.45, 7) is 41.6. The number of nitrogens with one attached hydrogen (secondary N) is 5. The molecule has 5 bridgehead atoms. The van der Waals surface area contributed by atoms with Crippen LogP contribution in [0.2, 0.25) is 36.3 Å². The van der Waals surface area contributed by atoms with E-state index in [1.165, 1.54) is 24.1 Å². The Morgan fingerprint density at radius 1 is 0.743 bits per heavy atom. The molecule has 0 aliphatic carbocycles. The zero-order valence-corrected chi connectivity index (χ0v) is 65.6. The molecule has 5 heterocycles. The Kier molecular flexibility index (Phi) is 28.6. The molecule has 2 aromatic heterocycles. The maximum absolute atomic E-state index is 14.2. The number of ketones is 1. The number of pyridine rings is 2. The van der Waals surface area contributed by atoms with Crippen LogP contribution in [0.1, 0.15) is 185 Å². The maximum Gasteiger partial charge on any atom is 0.325 e. The number of fused-ring (bicyclic) bond motifs is 5. The number of hydrogen-bond acceptors (Lipinski definition) is 18. The van der Waals surface area contributed by atoms with Gasteiger partial charge in [-0.1, -0.05) is 130 Å². The number of benzene rings is 2. The highest BCUT2D eigenvalue weighted by Gasteiger charge is 2.44. The van der Waals surface area contributed by atoms with Crippen LogP contribution in [0, 0.1) is 29.6 Å². The lowest BCUT2D eigenvalue weighted by atomic mass is 9.84. The highest BCUT2D eigenvalue weighted by atomic mass is 28.4. The van der Waals surface area contributed by atoms with Crippen LogP contribution >= 0.6 is 0 Å². The summed E-state index contributed by atoms with van der Waals surface area (Å²) in [6.07, 6.45) is 7.58. The van der Waals surface area contributed by atoms with Crippen molar-refractivity contribution in [2.45, 2.75) is 241 Å². The van der Waals surface area contributed by atoms with E-state index in [1.807, 2.05) is 120 Å². The van der Waals surface area contributed by atoms with Crippen molar-refractivity contribution >= 4 is 104 Å². The molecular formula is C76H113N9O14Si2. The van der Waals surface area contributed by atoms with Crippen molar-refractivity contribution in [1.29, 1.82) is 0 Å². The molecule has 25 heteroatoms. The molecule has 2 aromatic carbocycles. The van der Waals surface area contributed by atoms with Gasteiger partial charge in [0, 0.05) is 43.1 Å². The predicted octanol–water partition coefficient (Wildman–Crippen LogP) is 11.3. The third-order valence-corrected chi connectivity index (χ3v) is 29.3. The number of hydrazine groups is 2. The second-order valence-corrected chi connectivity index (χ2v) is 40.5. The minimum atomic E-state index is -2.32. The van der Waals surface area contributed by atoms with Gasteiger partial charge in [-0.3, -0.25) is 53.2 Å². The van der Waals surface area contributed by atoms with E-state index in [2.05, 4.69) is 94.5 Å². The molecule has 554 valence electrons. The van der Waals surface area contributed by atoms with Crippen LogP contribution in [-0.4, -0.2) is 152 Å². The lowest BCUT2D eigenvalue weighted by Gasteiger charge is -2.40. The van der Waals surface area contributed by atoms with Crippen LogP contribution in [0.15, 0.2) is 72.8 Å². The maximum atomic E-state index is 14.2. The normalized spacial score (nSPS) is 22.3. The van der Waals surface area contributed by atoms with E-state index in [0.717, 1.165) is 27.4 Å². The average Bonchev–Trinajstić information content (AvgIpc) is 1.19. The van der Waals surface area contributed by atoms with Gasteiger partial charge in [-0.15, -0.1) is 0 Å². The third kappa shape index (κ3) is 22.2. The fraction of sp³-hybridized carbons (Fsp3) is 0.592. The molecular weight excluding hydrogens is 1320 g/mol. The SMILES string of the molecule is CC(C)[C@@H]1CC(=O)[C@@H]([C@@H](C)O[Si](C)(C)C(C)(C)C)/C=C/c2ccc3ccc(nc3c2)[C@@H](C)OC(=O)[C@@H]2CCCN(N2)C(=O)[C@H](C)NC1=O.COC(=O)[C@@H]1CCCN(C(=O)[C@H](C)NC(=O)[C@@H](NC(=O)[C@H](/C=C/c2ccc3ccc([C@@H](C)OC(C)=O)nc3c2)[C@@H](C)O[Si](C)(C)C(C)(C)C)C(C)C)N1. The second-order valence-electron chi connectivity index (χ2n) is 31.0. The molecule has 23 nitrogen and oxygen atoms in total. The minimum Gasteiger partial charge on any atom is -0.468 e. The summed E-state index contributed by atoms with van der Waals surface area (Å²) in [4.78, 5) is 129. The topological polar surface area (TPSA) is 292 Å². The van der Waals surface area contributed by atoms with Gasteiger partial charge in [0.25, 0.3) is 11.8 Å². The number of esters is 3. The highest BCUT2D eigenvalue weighted by molar-refractivity contribution is 6.74. The smallest absolute Gasteiger partial charge is 0.325 e. The van der Waals surface area contributed by atoms with Crippen molar-refractivity contribution in [3.63, 3.8) is 0 Å². The van der Waals surface area contributed by atoms with Crippen molar-refractivity contribution < 1.29 is 66.2 Å². The number of ether oxygens (including phenoxy) is 3. The first-order valence-corrected chi connectivity index (χ1v) is 41.4. The summed E-state index contributed by atoms with van der Waals surface area (Å²) in [5, 5.41) is 13.0. The van der Waals surface area contributed by atoms with Crippen LogP contribution in [0.25, 0.3) is 34.0 Å². The number of amides is 5. The molecule has 5 N–H and O–H groups in total. The lowest BCUT2D eigenvalue weighted by molar-refractivity contribution is -0.157. The Bertz CT molecular complexity index is 3700. The Hall–Kier alpha value is -7.56. The number of carbonyl (C=O) groups excluding carboxylic acids is 9. The number of carbonyl (C=O) groups is 9. The van der Waals surface area contributed by atoms with Crippen molar-refractivity contribution in [2.75, 3.05) is 20.2 Å². The molecule has 3 aliphatic heterocycles. The number of aromatic nitrogens is 2. The molecule has 0 radical (unpaired) electrons. The molecule has 7 rings (SSSR count). The van der Waals surface area contributed by atoms with Crippen molar-refractivity contribution in [3.8, 4) is 0 Å². The monoisotopic (exact) mass is 1430 g/mol. The average molecular weight is 1430 g/mol. The third-order valence-electron chi connectivity index (χ3n) is 20.1. The van der Waals surface area contributed by atoms with E-state index in [1.54, 1.807) is 33.8 Å². The molecule has 4 aromatic rings. The fourth-order valence-electron chi connectivity index (χ4n) is 11.8. The largest absolute Gasteiger partial charge is 0.468 e. The van der Waals surface area contributed by atoms with E-state index < -0.39 is 119 Å². The first-order valence-electron chi connectivity index (χ1n) is 35.6. The van der Waals surface area contributed by atoms with Gasteiger partial charge in [-0.2, -0.15) is 0 Å². The number of nitrogens with zero attached hydrogens (tertiary/aromatic N) is 4. The molecule has 101 heavy (non-hydrogen) atoms. The highest BCUT2D eigenvalue weighted by Crippen LogP contribution is 2.40. The van der Waals surface area contributed by atoms with Crippen molar-refractivity contribution in [1.82, 2.24) is 46.8 Å². The number of methoxy groups -OCH3 is 1. The first-order chi connectivity index (χ1) is 47.0. The summed E-state index contributed by atoms with van der Waals surface area (Å²) in [5.74, 6) is -5.95. The molecule has 12 atom stereocenters. The molecule has 5 amide bonds. The van der Waals surface area contributed by atoms with Gasteiger partial charge in [0.15, 0.2) is 16.6 Å².